The van der Waals surface area contributed by atoms with Crippen molar-refractivity contribution < 1.29 is 9.18 Å². The minimum Gasteiger partial charge on any atom is -0.341 e. The van der Waals surface area contributed by atoms with Crippen molar-refractivity contribution in [3.8, 4) is 0 Å². The second-order valence-corrected chi connectivity index (χ2v) is 5.53. The van der Waals surface area contributed by atoms with E-state index in [4.69, 9.17) is 0 Å². The molecule has 1 aliphatic carbocycles. The molecule has 4 heteroatoms. The van der Waals surface area contributed by atoms with Gasteiger partial charge in [0.15, 0.2) is 0 Å². The molecule has 0 heterocycles. The largest absolute Gasteiger partial charge is 0.341 e. The van der Waals surface area contributed by atoms with Gasteiger partial charge in [-0.2, -0.15) is 12.6 Å². The Hall–Kier alpha value is -1.03. The maximum Gasteiger partial charge on any atom is 0.223 e. The summed E-state index contributed by atoms with van der Waals surface area (Å²) in [7, 11) is 1.79. The van der Waals surface area contributed by atoms with Crippen LogP contribution in [0.3, 0.4) is 0 Å². The Morgan fingerprint density at radius 1 is 1.39 bits per heavy atom. The monoisotopic (exact) mass is 267 g/mol. The second-order valence-electron chi connectivity index (χ2n) is 5.21. The van der Waals surface area contributed by atoms with Gasteiger partial charge in [0.25, 0.3) is 0 Å². The van der Waals surface area contributed by atoms with Crippen LogP contribution in [-0.2, 0) is 11.3 Å². The fourth-order valence-electron chi connectivity index (χ4n) is 1.98. The first-order valence-corrected chi connectivity index (χ1v) is 6.77. The molecule has 0 aliphatic heterocycles. The van der Waals surface area contributed by atoms with E-state index >= 15 is 0 Å². The average Bonchev–Trinajstić information content (AvgIpc) is 3.12. The zero-order valence-electron chi connectivity index (χ0n) is 10.5. The van der Waals surface area contributed by atoms with Crippen molar-refractivity contribution in [2.75, 3.05) is 12.8 Å². The first-order chi connectivity index (χ1) is 8.54. The third kappa shape index (κ3) is 3.25. The first-order valence-electron chi connectivity index (χ1n) is 6.14. The zero-order chi connectivity index (χ0) is 13.2. The zero-order valence-corrected chi connectivity index (χ0v) is 11.4. The van der Waals surface area contributed by atoms with Gasteiger partial charge in [0.2, 0.25) is 5.91 Å². The molecule has 0 N–H and O–H groups in total. The van der Waals surface area contributed by atoms with E-state index in [1.165, 1.54) is 12.1 Å². The van der Waals surface area contributed by atoms with E-state index in [2.05, 4.69) is 12.6 Å². The molecule has 1 saturated carbocycles. The lowest BCUT2D eigenvalue weighted by Crippen LogP contribution is -2.28. The molecule has 1 amide bonds. The van der Waals surface area contributed by atoms with Gasteiger partial charge in [0, 0.05) is 20.0 Å². The minimum atomic E-state index is -0.250. The molecule has 0 saturated heterocycles. The molecule has 0 spiro atoms. The molecule has 0 atom stereocenters. The van der Waals surface area contributed by atoms with E-state index in [1.807, 2.05) is 0 Å². The summed E-state index contributed by atoms with van der Waals surface area (Å²) in [6.07, 6.45) is 2.79. The quantitative estimate of drug-likeness (QED) is 0.813. The highest BCUT2D eigenvalue weighted by Crippen LogP contribution is 2.49. The SMILES string of the molecule is CN(Cc1ccc(F)cc1)C(=O)CC1(CS)CC1. The summed E-state index contributed by atoms with van der Waals surface area (Å²) < 4.78 is 12.8. The molecule has 1 aromatic carbocycles. The lowest BCUT2D eigenvalue weighted by molar-refractivity contribution is -0.131. The van der Waals surface area contributed by atoms with Gasteiger partial charge in [0.1, 0.15) is 5.82 Å². The number of amides is 1. The van der Waals surface area contributed by atoms with Crippen molar-refractivity contribution in [3.63, 3.8) is 0 Å². The fraction of sp³-hybridized carbons (Fsp3) is 0.500. The number of thiol groups is 1. The van der Waals surface area contributed by atoms with Gasteiger partial charge in [0.05, 0.1) is 0 Å². The smallest absolute Gasteiger partial charge is 0.223 e. The van der Waals surface area contributed by atoms with Crippen LogP contribution in [0.2, 0.25) is 0 Å². The number of carbonyl (C=O) groups excluding carboxylic acids is 1. The Labute approximate surface area is 113 Å². The summed E-state index contributed by atoms with van der Waals surface area (Å²) in [4.78, 5) is 13.8. The van der Waals surface area contributed by atoms with Gasteiger partial charge in [-0.3, -0.25) is 4.79 Å². The van der Waals surface area contributed by atoms with Gasteiger partial charge in [-0.15, -0.1) is 0 Å². The molecule has 2 nitrogen and oxygen atoms in total. The Bertz CT molecular complexity index is 428. The molecule has 0 unspecified atom stereocenters. The van der Waals surface area contributed by atoms with Crippen LogP contribution in [0.25, 0.3) is 0 Å². The summed E-state index contributed by atoms with van der Waals surface area (Å²) in [6.45, 7) is 0.530. The molecule has 1 fully saturated rings. The van der Waals surface area contributed by atoms with Crippen LogP contribution in [0.1, 0.15) is 24.8 Å². The van der Waals surface area contributed by atoms with Crippen LogP contribution in [0.5, 0.6) is 0 Å². The van der Waals surface area contributed by atoms with Crippen LogP contribution in [0.4, 0.5) is 4.39 Å². The number of halogens is 1. The van der Waals surface area contributed by atoms with Crippen molar-refractivity contribution in [2.45, 2.75) is 25.8 Å². The summed E-state index contributed by atoms with van der Waals surface area (Å²) in [5.74, 6) is 0.675. The van der Waals surface area contributed by atoms with Gasteiger partial charge in [-0.05, 0) is 41.7 Å². The van der Waals surface area contributed by atoms with Gasteiger partial charge in [-0.25, -0.2) is 4.39 Å². The maximum atomic E-state index is 12.8. The molecular weight excluding hydrogens is 249 g/mol. The van der Waals surface area contributed by atoms with Gasteiger partial charge < -0.3 is 4.90 Å². The van der Waals surface area contributed by atoms with Crippen LogP contribution in [-0.4, -0.2) is 23.6 Å². The number of benzene rings is 1. The van der Waals surface area contributed by atoms with Crippen molar-refractivity contribution in [1.82, 2.24) is 4.90 Å². The van der Waals surface area contributed by atoms with E-state index in [0.717, 1.165) is 24.2 Å². The van der Waals surface area contributed by atoms with E-state index in [9.17, 15) is 9.18 Å². The molecule has 1 aliphatic rings. The second kappa shape index (κ2) is 5.31. The maximum absolute atomic E-state index is 12.8. The predicted octanol–water partition coefficient (Wildman–Crippen LogP) is 2.88. The molecular formula is C14H18FNOS. The molecule has 0 radical (unpaired) electrons. The highest BCUT2D eigenvalue weighted by molar-refractivity contribution is 7.80. The minimum absolute atomic E-state index is 0.144. The first kappa shape index (κ1) is 13.4. The average molecular weight is 267 g/mol. The molecule has 0 aromatic heterocycles. The summed E-state index contributed by atoms with van der Waals surface area (Å²) >= 11 is 4.30. The number of carbonyl (C=O) groups is 1. The third-order valence-electron chi connectivity index (χ3n) is 3.58. The Balaban J connectivity index is 1.89. The lowest BCUT2D eigenvalue weighted by atomic mass is 10.0. The van der Waals surface area contributed by atoms with E-state index in [-0.39, 0.29) is 17.1 Å². The number of hydrogen-bond acceptors (Lipinski definition) is 2. The van der Waals surface area contributed by atoms with Crippen LogP contribution >= 0.6 is 12.6 Å². The van der Waals surface area contributed by atoms with Crippen molar-refractivity contribution in [1.29, 1.82) is 0 Å². The van der Waals surface area contributed by atoms with E-state index in [0.29, 0.717) is 13.0 Å². The number of hydrogen-bond donors (Lipinski definition) is 1. The fourth-order valence-corrected chi connectivity index (χ4v) is 2.40. The Morgan fingerprint density at radius 3 is 2.50 bits per heavy atom. The number of rotatable bonds is 5. The van der Waals surface area contributed by atoms with Crippen molar-refractivity contribution in [3.05, 3.63) is 35.6 Å². The molecule has 2 rings (SSSR count). The van der Waals surface area contributed by atoms with Gasteiger partial charge >= 0.3 is 0 Å². The lowest BCUT2D eigenvalue weighted by Gasteiger charge is -2.20. The van der Waals surface area contributed by atoms with Crippen LogP contribution in [0, 0.1) is 11.2 Å². The van der Waals surface area contributed by atoms with E-state index < -0.39 is 0 Å². The van der Waals surface area contributed by atoms with Gasteiger partial charge in [-0.1, -0.05) is 12.1 Å². The van der Waals surface area contributed by atoms with Crippen molar-refractivity contribution >= 4 is 18.5 Å². The molecule has 1 aromatic rings. The predicted molar refractivity (Wildman–Crippen MR) is 73.0 cm³/mol. The topological polar surface area (TPSA) is 20.3 Å². The highest BCUT2D eigenvalue weighted by atomic mass is 32.1. The molecule has 18 heavy (non-hydrogen) atoms. The highest BCUT2D eigenvalue weighted by Gasteiger charge is 2.43. The normalized spacial score (nSPS) is 16.4. The molecule has 0 bridgehead atoms. The van der Waals surface area contributed by atoms with Crippen LogP contribution < -0.4 is 0 Å². The summed E-state index contributed by atoms with van der Waals surface area (Å²) in [6, 6.07) is 6.27. The summed E-state index contributed by atoms with van der Waals surface area (Å²) in [5, 5.41) is 0. The standard InChI is InChI=1S/C14H18FNOS/c1-16(9-11-2-4-12(15)5-3-11)13(17)8-14(10-18)6-7-14/h2-5,18H,6-10H2,1H3. The Kier molecular flexibility index (Phi) is 3.95. The third-order valence-corrected chi connectivity index (χ3v) is 4.25. The van der Waals surface area contributed by atoms with Crippen LogP contribution in [0.15, 0.2) is 24.3 Å². The van der Waals surface area contributed by atoms with Crippen molar-refractivity contribution in [2.24, 2.45) is 5.41 Å². The van der Waals surface area contributed by atoms with E-state index in [1.54, 1.807) is 24.1 Å². The summed E-state index contributed by atoms with van der Waals surface area (Å²) in [5.41, 5.74) is 1.10. The molecule has 98 valence electrons. The Morgan fingerprint density at radius 2 is 2.00 bits per heavy atom. The number of nitrogens with zero attached hydrogens (tertiary/aromatic N) is 1.